The number of hydrogen-bond donors (Lipinski definition) is 1. The summed E-state index contributed by atoms with van der Waals surface area (Å²) in [5.74, 6) is 0.501. The monoisotopic (exact) mass is 355 g/mol. The zero-order valence-electron chi connectivity index (χ0n) is 11.1. The lowest BCUT2D eigenvalue weighted by Crippen LogP contribution is -2.11. The van der Waals surface area contributed by atoms with Crippen LogP contribution in [0.2, 0.25) is 0 Å². The fourth-order valence-corrected chi connectivity index (χ4v) is 2.70. The summed E-state index contributed by atoms with van der Waals surface area (Å²) in [5, 5.41) is 12.0. The van der Waals surface area contributed by atoms with E-state index in [4.69, 9.17) is 4.74 Å². The number of benzene rings is 1. The van der Waals surface area contributed by atoms with Crippen molar-refractivity contribution in [3.63, 3.8) is 0 Å². The molecule has 0 atom stereocenters. The Balaban J connectivity index is 2.10. The SMILES string of the molecule is CCOc1ccc(C(=O)Nc2nnc(CC)s2)cc1Br. The summed E-state index contributed by atoms with van der Waals surface area (Å²) >= 11 is 4.77. The van der Waals surface area contributed by atoms with Gasteiger partial charge in [-0.25, -0.2) is 0 Å². The van der Waals surface area contributed by atoms with Crippen LogP contribution in [0.5, 0.6) is 5.75 Å². The van der Waals surface area contributed by atoms with Crippen molar-refractivity contribution in [2.24, 2.45) is 0 Å². The maximum atomic E-state index is 12.1. The van der Waals surface area contributed by atoms with Crippen molar-refractivity contribution >= 4 is 38.3 Å². The van der Waals surface area contributed by atoms with Gasteiger partial charge in [-0.3, -0.25) is 10.1 Å². The first-order valence-electron chi connectivity index (χ1n) is 6.20. The third kappa shape index (κ3) is 3.55. The first-order chi connectivity index (χ1) is 9.63. The standard InChI is InChI=1S/C13H14BrN3O2S/c1-3-11-16-17-13(20-11)15-12(18)8-5-6-10(19-4-2)9(14)7-8/h5-7H,3-4H2,1-2H3,(H,15,17,18). The van der Waals surface area contributed by atoms with Crippen molar-refractivity contribution in [1.82, 2.24) is 10.2 Å². The Morgan fingerprint density at radius 3 is 2.80 bits per heavy atom. The van der Waals surface area contributed by atoms with Gasteiger partial charge in [-0.2, -0.15) is 0 Å². The second-order valence-electron chi connectivity index (χ2n) is 3.89. The third-order valence-corrected chi connectivity index (χ3v) is 4.09. The van der Waals surface area contributed by atoms with Crippen LogP contribution < -0.4 is 10.1 Å². The van der Waals surface area contributed by atoms with Crippen LogP contribution in [0.1, 0.15) is 29.2 Å². The molecule has 0 aliphatic rings. The lowest BCUT2D eigenvalue weighted by Gasteiger charge is -2.07. The summed E-state index contributed by atoms with van der Waals surface area (Å²) in [6.45, 7) is 4.48. The van der Waals surface area contributed by atoms with E-state index in [1.807, 2.05) is 13.8 Å². The number of carbonyl (C=O) groups is 1. The normalized spacial score (nSPS) is 10.3. The van der Waals surface area contributed by atoms with Gasteiger partial charge < -0.3 is 4.74 Å². The van der Waals surface area contributed by atoms with Gasteiger partial charge in [0, 0.05) is 5.56 Å². The Kier molecular flexibility index (Phi) is 5.08. The summed E-state index contributed by atoms with van der Waals surface area (Å²) in [6.07, 6.45) is 0.808. The molecule has 2 aromatic rings. The molecule has 0 fully saturated rings. The Hall–Kier alpha value is -1.47. The molecule has 20 heavy (non-hydrogen) atoms. The first-order valence-corrected chi connectivity index (χ1v) is 7.81. The van der Waals surface area contributed by atoms with E-state index in [2.05, 4.69) is 31.4 Å². The van der Waals surface area contributed by atoms with Gasteiger partial charge in [0.05, 0.1) is 11.1 Å². The number of rotatable bonds is 5. The Bertz CT molecular complexity index is 615. The van der Waals surface area contributed by atoms with Crippen LogP contribution in [0, 0.1) is 0 Å². The van der Waals surface area contributed by atoms with Gasteiger partial charge in [0.25, 0.3) is 5.91 Å². The summed E-state index contributed by atoms with van der Waals surface area (Å²) in [4.78, 5) is 12.1. The maximum absolute atomic E-state index is 12.1. The van der Waals surface area contributed by atoms with E-state index in [9.17, 15) is 4.79 Å². The minimum absolute atomic E-state index is 0.215. The average Bonchev–Trinajstić information content (AvgIpc) is 2.89. The molecule has 0 unspecified atom stereocenters. The smallest absolute Gasteiger partial charge is 0.257 e. The van der Waals surface area contributed by atoms with Gasteiger partial charge in [-0.1, -0.05) is 18.3 Å². The summed E-state index contributed by atoms with van der Waals surface area (Å²) < 4.78 is 6.16. The fraction of sp³-hybridized carbons (Fsp3) is 0.308. The summed E-state index contributed by atoms with van der Waals surface area (Å²) in [6, 6.07) is 5.20. The van der Waals surface area contributed by atoms with Gasteiger partial charge in [0.15, 0.2) is 0 Å². The minimum Gasteiger partial charge on any atom is -0.493 e. The van der Waals surface area contributed by atoms with Crippen LogP contribution in [0.15, 0.2) is 22.7 Å². The maximum Gasteiger partial charge on any atom is 0.257 e. The number of nitrogens with one attached hydrogen (secondary N) is 1. The van der Waals surface area contributed by atoms with Crippen molar-refractivity contribution in [3.8, 4) is 5.75 Å². The molecule has 1 aromatic heterocycles. The highest BCUT2D eigenvalue weighted by Crippen LogP contribution is 2.26. The van der Waals surface area contributed by atoms with E-state index < -0.39 is 0 Å². The molecule has 0 saturated carbocycles. The van der Waals surface area contributed by atoms with Crippen LogP contribution in [0.4, 0.5) is 5.13 Å². The molecular weight excluding hydrogens is 342 g/mol. The van der Waals surface area contributed by atoms with E-state index in [0.29, 0.717) is 23.1 Å². The van der Waals surface area contributed by atoms with Crippen molar-refractivity contribution in [2.75, 3.05) is 11.9 Å². The zero-order chi connectivity index (χ0) is 14.5. The number of hydrogen-bond acceptors (Lipinski definition) is 5. The van der Waals surface area contributed by atoms with E-state index in [1.165, 1.54) is 11.3 Å². The highest BCUT2D eigenvalue weighted by molar-refractivity contribution is 9.10. The highest BCUT2D eigenvalue weighted by atomic mass is 79.9. The zero-order valence-corrected chi connectivity index (χ0v) is 13.5. The number of ether oxygens (including phenoxy) is 1. The third-order valence-electron chi connectivity index (χ3n) is 2.48. The van der Waals surface area contributed by atoms with E-state index in [-0.39, 0.29) is 5.91 Å². The molecular formula is C13H14BrN3O2S. The lowest BCUT2D eigenvalue weighted by molar-refractivity contribution is 0.102. The first kappa shape index (κ1) is 14.9. The van der Waals surface area contributed by atoms with Crippen LogP contribution >= 0.6 is 27.3 Å². The van der Waals surface area contributed by atoms with Crippen LogP contribution in [0.25, 0.3) is 0 Å². The quantitative estimate of drug-likeness (QED) is 0.891. The topological polar surface area (TPSA) is 64.1 Å². The molecule has 0 bridgehead atoms. The molecule has 1 heterocycles. The van der Waals surface area contributed by atoms with Gasteiger partial charge in [0.2, 0.25) is 5.13 Å². The molecule has 2 rings (SSSR count). The van der Waals surface area contributed by atoms with E-state index in [1.54, 1.807) is 18.2 Å². The van der Waals surface area contributed by atoms with Crippen molar-refractivity contribution in [1.29, 1.82) is 0 Å². The van der Waals surface area contributed by atoms with Crippen molar-refractivity contribution in [3.05, 3.63) is 33.2 Å². The average molecular weight is 356 g/mol. The fourth-order valence-electron chi connectivity index (χ4n) is 1.53. The lowest BCUT2D eigenvalue weighted by atomic mass is 10.2. The number of anilines is 1. The molecule has 0 aliphatic carbocycles. The molecule has 0 radical (unpaired) electrons. The second kappa shape index (κ2) is 6.81. The number of halogens is 1. The minimum atomic E-state index is -0.215. The molecule has 1 N–H and O–H groups in total. The predicted octanol–water partition coefficient (Wildman–Crippen LogP) is 3.51. The summed E-state index contributed by atoms with van der Waals surface area (Å²) in [5.41, 5.74) is 0.536. The predicted molar refractivity (Wildman–Crippen MR) is 82.6 cm³/mol. The summed E-state index contributed by atoms with van der Waals surface area (Å²) in [7, 11) is 0. The van der Waals surface area contributed by atoms with Crippen LogP contribution in [-0.2, 0) is 6.42 Å². The van der Waals surface area contributed by atoms with Gasteiger partial charge in [-0.05, 0) is 47.5 Å². The number of nitrogens with zero attached hydrogens (tertiary/aromatic N) is 2. The van der Waals surface area contributed by atoms with E-state index in [0.717, 1.165) is 15.9 Å². The van der Waals surface area contributed by atoms with Crippen LogP contribution in [-0.4, -0.2) is 22.7 Å². The van der Waals surface area contributed by atoms with Crippen molar-refractivity contribution in [2.45, 2.75) is 20.3 Å². The molecule has 1 amide bonds. The Morgan fingerprint density at radius 2 is 2.20 bits per heavy atom. The number of aromatic nitrogens is 2. The second-order valence-corrected chi connectivity index (χ2v) is 5.80. The van der Waals surface area contributed by atoms with E-state index >= 15 is 0 Å². The Morgan fingerprint density at radius 1 is 1.40 bits per heavy atom. The van der Waals surface area contributed by atoms with Crippen molar-refractivity contribution < 1.29 is 9.53 Å². The highest BCUT2D eigenvalue weighted by Gasteiger charge is 2.11. The number of amides is 1. The molecule has 106 valence electrons. The van der Waals surface area contributed by atoms with Gasteiger partial charge in [-0.15, -0.1) is 10.2 Å². The molecule has 7 heteroatoms. The molecule has 5 nitrogen and oxygen atoms in total. The van der Waals surface area contributed by atoms with Gasteiger partial charge >= 0.3 is 0 Å². The van der Waals surface area contributed by atoms with Gasteiger partial charge in [0.1, 0.15) is 10.8 Å². The molecule has 1 aromatic carbocycles. The molecule has 0 aliphatic heterocycles. The molecule has 0 saturated heterocycles. The number of aryl methyl sites for hydroxylation is 1. The molecule has 0 spiro atoms. The largest absolute Gasteiger partial charge is 0.493 e. The van der Waals surface area contributed by atoms with Crippen LogP contribution in [0.3, 0.4) is 0 Å². The number of carbonyl (C=O) groups excluding carboxylic acids is 1. The Labute approximate surface area is 129 Å².